The largest absolute Gasteiger partial charge is 0.324 e. The number of carbonyl (C=O) groups is 1. The molecule has 78 valence electrons. The van der Waals surface area contributed by atoms with Crippen LogP contribution in [0.25, 0.3) is 0 Å². The van der Waals surface area contributed by atoms with Crippen molar-refractivity contribution in [1.29, 1.82) is 0 Å². The fourth-order valence-electron chi connectivity index (χ4n) is 1.98. The molecule has 0 amide bonds. The molecule has 0 radical (unpaired) electrons. The van der Waals surface area contributed by atoms with Crippen LogP contribution in [-0.4, -0.2) is 11.8 Å². The highest BCUT2D eigenvalue weighted by molar-refractivity contribution is 5.98. The van der Waals surface area contributed by atoms with Gasteiger partial charge in [0.1, 0.15) is 0 Å². The molecule has 0 saturated carbocycles. The molecule has 0 saturated heterocycles. The Morgan fingerprint density at radius 2 is 2.00 bits per heavy atom. The molecule has 0 fully saturated rings. The first kappa shape index (κ1) is 10.1. The van der Waals surface area contributed by atoms with Crippen LogP contribution in [0.1, 0.15) is 23.2 Å². The van der Waals surface area contributed by atoms with E-state index in [-0.39, 0.29) is 17.7 Å². The number of benzene rings is 1. The first-order chi connectivity index (χ1) is 7.29. The second-order valence-electron chi connectivity index (χ2n) is 3.92. The van der Waals surface area contributed by atoms with Crippen LogP contribution in [-0.2, 0) is 0 Å². The molecule has 0 aromatic heterocycles. The molecular formula is C13H15NO. The number of carbonyl (C=O) groups excluding carboxylic acids is 1. The summed E-state index contributed by atoms with van der Waals surface area (Å²) in [5.74, 6) is 0.129. The Kier molecular flexibility index (Phi) is 2.97. The van der Waals surface area contributed by atoms with Gasteiger partial charge in [-0.05, 0) is 12.8 Å². The Labute approximate surface area is 89.8 Å². The number of hydrogen-bond acceptors (Lipinski definition) is 2. The van der Waals surface area contributed by atoms with E-state index in [4.69, 9.17) is 5.73 Å². The second-order valence-corrected chi connectivity index (χ2v) is 3.92. The van der Waals surface area contributed by atoms with Crippen molar-refractivity contribution < 1.29 is 4.79 Å². The van der Waals surface area contributed by atoms with Gasteiger partial charge in [0.2, 0.25) is 0 Å². The molecule has 1 aliphatic rings. The molecule has 0 spiro atoms. The summed E-state index contributed by atoms with van der Waals surface area (Å²) in [5.41, 5.74) is 6.68. The molecule has 1 aliphatic carbocycles. The highest BCUT2D eigenvalue weighted by Crippen LogP contribution is 2.21. The lowest BCUT2D eigenvalue weighted by Gasteiger charge is -2.23. The minimum Gasteiger partial charge on any atom is -0.324 e. The van der Waals surface area contributed by atoms with Gasteiger partial charge in [0.15, 0.2) is 5.78 Å². The molecule has 2 heteroatoms. The first-order valence-electron chi connectivity index (χ1n) is 5.30. The highest BCUT2D eigenvalue weighted by atomic mass is 16.1. The van der Waals surface area contributed by atoms with Gasteiger partial charge < -0.3 is 5.73 Å². The third-order valence-corrected chi connectivity index (χ3v) is 2.86. The third-order valence-electron chi connectivity index (χ3n) is 2.86. The van der Waals surface area contributed by atoms with E-state index in [0.29, 0.717) is 0 Å². The van der Waals surface area contributed by atoms with Crippen molar-refractivity contribution in [3.63, 3.8) is 0 Å². The van der Waals surface area contributed by atoms with Crippen molar-refractivity contribution in [2.45, 2.75) is 18.9 Å². The van der Waals surface area contributed by atoms with Gasteiger partial charge in [-0.3, -0.25) is 4.79 Å². The van der Waals surface area contributed by atoms with Crippen molar-refractivity contribution >= 4 is 5.78 Å². The highest BCUT2D eigenvalue weighted by Gasteiger charge is 2.26. The number of nitrogens with two attached hydrogens (primary N) is 1. The monoisotopic (exact) mass is 201 g/mol. The van der Waals surface area contributed by atoms with Crippen molar-refractivity contribution in [3.05, 3.63) is 48.0 Å². The topological polar surface area (TPSA) is 43.1 Å². The van der Waals surface area contributed by atoms with Crippen LogP contribution >= 0.6 is 0 Å². The lowest BCUT2D eigenvalue weighted by atomic mass is 9.84. The lowest BCUT2D eigenvalue weighted by Crippen LogP contribution is -2.35. The van der Waals surface area contributed by atoms with Crippen LogP contribution in [0.5, 0.6) is 0 Å². The number of Topliss-reactive ketones (excluding diaryl/α,β-unsaturated/α-hetero) is 1. The van der Waals surface area contributed by atoms with Gasteiger partial charge >= 0.3 is 0 Å². The molecule has 1 aromatic carbocycles. The molecular weight excluding hydrogens is 186 g/mol. The molecule has 1 aromatic rings. The third kappa shape index (κ3) is 2.16. The van der Waals surface area contributed by atoms with Gasteiger partial charge in [-0.1, -0.05) is 42.5 Å². The average Bonchev–Trinajstić information content (AvgIpc) is 2.30. The van der Waals surface area contributed by atoms with E-state index >= 15 is 0 Å². The van der Waals surface area contributed by atoms with Crippen LogP contribution in [0.2, 0.25) is 0 Å². The Bertz CT molecular complexity index is 369. The number of hydrogen-bond donors (Lipinski definition) is 1. The van der Waals surface area contributed by atoms with E-state index in [9.17, 15) is 4.79 Å². The molecule has 0 heterocycles. The smallest absolute Gasteiger partial charge is 0.167 e. The normalized spacial score (nSPS) is 25.1. The molecule has 15 heavy (non-hydrogen) atoms. The van der Waals surface area contributed by atoms with Crippen LogP contribution < -0.4 is 5.73 Å². The zero-order valence-electron chi connectivity index (χ0n) is 8.60. The zero-order chi connectivity index (χ0) is 10.7. The van der Waals surface area contributed by atoms with Gasteiger partial charge in [0.25, 0.3) is 0 Å². The quantitative estimate of drug-likeness (QED) is 0.588. The average molecular weight is 201 g/mol. The van der Waals surface area contributed by atoms with E-state index in [1.165, 1.54) is 0 Å². The van der Waals surface area contributed by atoms with Gasteiger partial charge in [-0.2, -0.15) is 0 Å². The zero-order valence-corrected chi connectivity index (χ0v) is 8.60. The van der Waals surface area contributed by atoms with Gasteiger partial charge in [-0.25, -0.2) is 0 Å². The summed E-state index contributed by atoms with van der Waals surface area (Å²) in [5, 5.41) is 0. The first-order valence-corrected chi connectivity index (χ1v) is 5.30. The molecule has 2 unspecified atom stereocenters. The Balaban J connectivity index is 2.18. The second kappa shape index (κ2) is 4.41. The lowest BCUT2D eigenvalue weighted by molar-refractivity contribution is 0.0901. The van der Waals surface area contributed by atoms with Crippen molar-refractivity contribution in [3.8, 4) is 0 Å². The van der Waals surface area contributed by atoms with Crippen LogP contribution in [0, 0.1) is 5.92 Å². The predicted molar refractivity (Wildman–Crippen MR) is 60.6 cm³/mol. The summed E-state index contributed by atoms with van der Waals surface area (Å²) in [6.07, 6.45) is 5.82. The maximum Gasteiger partial charge on any atom is 0.167 e. The predicted octanol–water partition coefficient (Wildman–Crippen LogP) is 2.16. The minimum absolute atomic E-state index is 0.0441. The van der Waals surface area contributed by atoms with Crippen LogP contribution in [0.3, 0.4) is 0 Å². The van der Waals surface area contributed by atoms with Crippen molar-refractivity contribution in [2.75, 3.05) is 0 Å². The molecule has 2 N–H and O–H groups in total. The molecule has 2 atom stereocenters. The summed E-state index contributed by atoms with van der Waals surface area (Å²) in [6.45, 7) is 0. The number of allylic oxidation sites excluding steroid dienone is 1. The fraction of sp³-hybridized carbons (Fsp3) is 0.308. The summed E-state index contributed by atoms with van der Waals surface area (Å²) < 4.78 is 0. The van der Waals surface area contributed by atoms with Crippen LogP contribution in [0.4, 0.5) is 0 Å². The maximum atomic E-state index is 12.1. The summed E-state index contributed by atoms with van der Waals surface area (Å²) in [7, 11) is 0. The molecule has 2 rings (SSSR count). The van der Waals surface area contributed by atoms with E-state index in [1.54, 1.807) is 0 Å². The minimum atomic E-state index is -0.119. The summed E-state index contributed by atoms with van der Waals surface area (Å²) in [6, 6.07) is 9.28. The summed E-state index contributed by atoms with van der Waals surface area (Å²) >= 11 is 0. The Morgan fingerprint density at radius 3 is 2.67 bits per heavy atom. The number of ketones is 1. The van der Waals surface area contributed by atoms with Gasteiger partial charge in [0.05, 0.1) is 0 Å². The Morgan fingerprint density at radius 1 is 1.27 bits per heavy atom. The van der Waals surface area contributed by atoms with Crippen LogP contribution in [0.15, 0.2) is 42.5 Å². The van der Waals surface area contributed by atoms with E-state index < -0.39 is 0 Å². The standard InChI is InChI=1S/C13H15NO/c14-12-9-5-4-8-11(12)13(15)10-6-2-1-3-7-10/h1-3,5-7,9,11-12H,4,8,14H2. The van der Waals surface area contributed by atoms with Gasteiger partial charge in [0, 0.05) is 17.5 Å². The SMILES string of the molecule is NC1C=CCCC1C(=O)c1ccccc1. The van der Waals surface area contributed by atoms with E-state index in [1.807, 2.05) is 36.4 Å². The molecule has 2 nitrogen and oxygen atoms in total. The van der Waals surface area contributed by atoms with E-state index in [0.717, 1.165) is 18.4 Å². The Hall–Kier alpha value is -1.41. The molecule has 0 bridgehead atoms. The molecule has 0 aliphatic heterocycles. The van der Waals surface area contributed by atoms with Gasteiger partial charge in [-0.15, -0.1) is 0 Å². The maximum absolute atomic E-state index is 12.1. The fourth-order valence-corrected chi connectivity index (χ4v) is 1.98. The van der Waals surface area contributed by atoms with Crippen molar-refractivity contribution in [1.82, 2.24) is 0 Å². The summed E-state index contributed by atoms with van der Waals surface area (Å²) in [4.78, 5) is 12.1. The number of rotatable bonds is 2. The van der Waals surface area contributed by atoms with E-state index in [2.05, 4.69) is 6.08 Å². The van der Waals surface area contributed by atoms with Crippen molar-refractivity contribution in [2.24, 2.45) is 11.7 Å².